The molecule has 3 unspecified atom stereocenters. The summed E-state index contributed by atoms with van der Waals surface area (Å²) >= 11 is 0. The van der Waals surface area contributed by atoms with Crippen LogP contribution in [0.1, 0.15) is 336 Å². The standard InChI is InChI=1S/C74H156N3O6.3ClH/c1-11-14-17-20-23-26-29-32-35-38-41-44-47-50-53-56-59-75(5,6)62-71(78)65-81-68-74(4,69-82-66-72(79)63-76(7,8)60-57-54-51-48-45-42-39-36-33-30-27-24-21-18-15-12-2)70-83-67-73(80)64-77(9,10)61-58-55-52-49-46-43-40-37-34-31-28-25-22-19-16-13-3;;;/h71-73,78-80H,11-70H2,1-10H3;3*1H/q+3;;;/p-3. The van der Waals surface area contributed by atoms with Crippen LogP contribution in [-0.2, 0) is 14.2 Å². The number of aliphatic hydroxyl groups is 3. The number of unbranched alkanes of at least 4 members (excludes halogenated alkanes) is 45. The molecule has 0 saturated heterocycles. The minimum absolute atomic E-state index is 0. The van der Waals surface area contributed by atoms with Gasteiger partial charge in [-0.25, -0.2) is 0 Å². The molecule has 86 heavy (non-hydrogen) atoms. The zero-order valence-electron chi connectivity index (χ0n) is 59.7. The van der Waals surface area contributed by atoms with Crippen LogP contribution in [0.3, 0.4) is 0 Å². The Bertz CT molecular complexity index is 1170. The summed E-state index contributed by atoms with van der Waals surface area (Å²) in [5.74, 6) is 0. The van der Waals surface area contributed by atoms with Crippen molar-refractivity contribution >= 4 is 0 Å². The molecule has 0 aliphatic carbocycles. The number of rotatable bonds is 69. The van der Waals surface area contributed by atoms with Crippen molar-refractivity contribution in [3.8, 4) is 0 Å². The van der Waals surface area contributed by atoms with Gasteiger partial charge in [-0.15, -0.1) is 0 Å². The van der Waals surface area contributed by atoms with E-state index < -0.39 is 23.7 Å². The quantitative estimate of drug-likeness (QED) is 0.0416. The minimum atomic E-state index is -0.565. The maximum Gasteiger partial charge on any atom is 0.126 e. The second-order valence-electron chi connectivity index (χ2n) is 29.8. The van der Waals surface area contributed by atoms with Gasteiger partial charge in [0.15, 0.2) is 0 Å². The molecule has 524 valence electrons. The number of halogens is 3. The molecule has 0 rings (SSSR count). The van der Waals surface area contributed by atoms with E-state index in [1.807, 2.05) is 0 Å². The third kappa shape index (κ3) is 67.4. The van der Waals surface area contributed by atoms with E-state index in [1.165, 1.54) is 308 Å². The van der Waals surface area contributed by atoms with Crippen LogP contribution in [0.4, 0.5) is 0 Å². The van der Waals surface area contributed by atoms with Crippen LogP contribution in [0.2, 0.25) is 0 Å². The summed E-state index contributed by atoms with van der Waals surface area (Å²) in [4.78, 5) is 0. The Kier molecular flexibility index (Phi) is 70.8. The lowest BCUT2D eigenvalue weighted by molar-refractivity contribution is -0.893. The van der Waals surface area contributed by atoms with Crippen molar-refractivity contribution in [1.82, 2.24) is 0 Å². The Morgan fingerprint density at radius 3 is 0.547 bits per heavy atom. The first-order valence-electron chi connectivity index (χ1n) is 37.2. The number of quaternary nitrogens is 3. The second-order valence-corrected chi connectivity index (χ2v) is 29.8. The minimum Gasteiger partial charge on any atom is -1.00 e. The molecule has 9 nitrogen and oxygen atoms in total. The van der Waals surface area contributed by atoms with Gasteiger partial charge in [-0.3, -0.25) is 0 Å². The summed E-state index contributed by atoms with van der Waals surface area (Å²) in [7, 11) is 13.4. The molecule has 12 heteroatoms. The number of hydrogen-bond acceptors (Lipinski definition) is 6. The van der Waals surface area contributed by atoms with E-state index in [1.54, 1.807) is 0 Å². The third-order valence-corrected chi connectivity index (χ3v) is 18.2. The Balaban J connectivity index is -0.0000112. The fourth-order valence-corrected chi connectivity index (χ4v) is 12.9. The smallest absolute Gasteiger partial charge is 0.126 e. The summed E-state index contributed by atoms with van der Waals surface area (Å²) in [5.41, 5.74) is -0.507. The van der Waals surface area contributed by atoms with Gasteiger partial charge in [0.05, 0.1) is 102 Å². The molecule has 0 amide bonds. The molecule has 0 saturated carbocycles. The van der Waals surface area contributed by atoms with E-state index in [9.17, 15) is 15.3 Å². The number of aliphatic hydroxyl groups excluding tert-OH is 3. The molecule has 0 aromatic carbocycles. The maximum absolute atomic E-state index is 11.2. The van der Waals surface area contributed by atoms with Crippen LogP contribution in [-0.4, -0.2) is 168 Å². The molecular formula is C74H156Cl3N3O6. The van der Waals surface area contributed by atoms with E-state index in [4.69, 9.17) is 14.2 Å². The highest BCUT2D eigenvalue weighted by atomic mass is 35.5. The number of likely N-dealkylation sites (N-methyl/N-ethyl adjacent to an activating group) is 3. The second kappa shape index (κ2) is 65.6. The lowest BCUT2D eigenvalue weighted by Gasteiger charge is -2.34. The first-order chi connectivity index (χ1) is 40.0. The molecule has 0 bridgehead atoms. The zero-order valence-corrected chi connectivity index (χ0v) is 62.0. The molecule has 0 aromatic rings. The van der Waals surface area contributed by atoms with Crippen molar-refractivity contribution in [2.24, 2.45) is 5.41 Å². The Morgan fingerprint density at radius 1 is 0.256 bits per heavy atom. The zero-order chi connectivity index (χ0) is 61.3. The van der Waals surface area contributed by atoms with Gasteiger partial charge in [0, 0.05) is 5.41 Å². The van der Waals surface area contributed by atoms with Crippen LogP contribution < -0.4 is 37.2 Å². The van der Waals surface area contributed by atoms with Crippen molar-refractivity contribution in [3.63, 3.8) is 0 Å². The Labute approximate surface area is 557 Å². The van der Waals surface area contributed by atoms with E-state index in [2.05, 4.69) is 70.0 Å². The van der Waals surface area contributed by atoms with E-state index >= 15 is 0 Å². The number of nitrogens with zero attached hydrogens (tertiary/aromatic N) is 3. The predicted molar refractivity (Wildman–Crippen MR) is 363 cm³/mol. The van der Waals surface area contributed by atoms with Gasteiger partial charge >= 0.3 is 0 Å². The van der Waals surface area contributed by atoms with E-state index in [-0.39, 0.29) is 57.0 Å². The van der Waals surface area contributed by atoms with Crippen molar-refractivity contribution in [1.29, 1.82) is 0 Å². The van der Waals surface area contributed by atoms with Crippen LogP contribution in [0.15, 0.2) is 0 Å². The van der Waals surface area contributed by atoms with E-state index in [0.717, 1.165) is 33.1 Å². The van der Waals surface area contributed by atoms with Crippen molar-refractivity contribution in [2.45, 2.75) is 354 Å². The average Bonchev–Trinajstić information content (AvgIpc) is 3.64. The van der Waals surface area contributed by atoms with Crippen molar-refractivity contribution < 1.29 is 80.2 Å². The Morgan fingerprint density at radius 2 is 0.395 bits per heavy atom. The van der Waals surface area contributed by atoms with Crippen LogP contribution in [0.25, 0.3) is 0 Å². The molecule has 0 spiro atoms. The summed E-state index contributed by atoms with van der Waals surface area (Å²) < 4.78 is 21.3. The van der Waals surface area contributed by atoms with Gasteiger partial charge in [-0.2, -0.15) is 0 Å². The third-order valence-electron chi connectivity index (χ3n) is 18.2. The fourth-order valence-electron chi connectivity index (χ4n) is 12.9. The van der Waals surface area contributed by atoms with Crippen molar-refractivity contribution in [2.75, 3.05) is 121 Å². The predicted octanol–water partition coefficient (Wildman–Crippen LogP) is 10.2. The highest BCUT2D eigenvalue weighted by molar-refractivity contribution is 4.75. The number of ether oxygens (including phenoxy) is 3. The first-order valence-corrected chi connectivity index (χ1v) is 37.2. The van der Waals surface area contributed by atoms with Crippen LogP contribution >= 0.6 is 0 Å². The van der Waals surface area contributed by atoms with Crippen LogP contribution in [0, 0.1) is 5.41 Å². The SMILES string of the molecule is CCCCCCCCCCCCCCCCCC[N+](C)(C)CC(O)COCC(C)(COCC(O)C[N+](C)(C)CCCCCCCCCCCCCCCCCC)COCC(O)C[N+](C)(C)CCCCCCCCCCCCCCCCCC.[Cl-].[Cl-].[Cl-]. The highest BCUT2D eigenvalue weighted by Gasteiger charge is 2.30. The Hall–Kier alpha value is 0.510. The molecule has 0 aliphatic rings. The summed E-state index contributed by atoms with van der Waals surface area (Å²) in [5, 5.41) is 33.7. The topological polar surface area (TPSA) is 88.4 Å². The summed E-state index contributed by atoms with van der Waals surface area (Å²) in [6.45, 7) is 16.0. The maximum atomic E-state index is 11.2. The molecule has 3 N–H and O–H groups in total. The van der Waals surface area contributed by atoms with Gasteiger partial charge in [-0.1, -0.05) is 297 Å². The molecule has 0 radical (unpaired) electrons. The number of hydrogen-bond donors (Lipinski definition) is 3. The molecule has 0 aliphatic heterocycles. The first kappa shape index (κ1) is 92.9. The average molecular weight is 1290 g/mol. The lowest BCUT2D eigenvalue weighted by atomic mass is 9.94. The summed E-state index contributed by atoms with van der Waals surface area (Å²) in [6.07, 6.45) is 64.3. The van der Waals surface area contributed by atoms with Gasteiger partial charge in [0.1, 0.15) is 37.9 Å². The molecule has 3 atom stereocenters. The van der Waals surface area contributed by atoms with Gasteiger partial charge in [-0.05, 0) is 38.5 Å². The van der Waals surface area contributed by atoms with Gasteiger partial charge < -0.3 is 80.2 Å². The lowest BCUT2D eigenvalue weighted by Crippen LogP contribution is -3.00. The largest absolute Gasteiger partial charge is 1.00 e. The monoisotopic (exact) mass is 1290 g/mol. The molecule has 0 fully saturated rings. The fraction of sp³-hybridized carbons (Fsp3) is 1.00. The molecule has 0 heterocycles. The van der Waals surface area contributed by atoms with Gasteiger partial charge in [0.25, 0.3) is 0 Å². The highest BCUT2D eigenvalue weighted by Crippen LogP contribution is 2.22. The molecular weight excluding hydrogens is 1130 g/mol. The van der Waals surface area contributed by atoms with Gasteiger partial charge in [0.2, 0.25) is 0 Å². The normalized spacial score (nSPS) is 13.9. The van der Waals surface area contributed by atoms with Crippen molar-refractivity contribution in [3.05, 3.63) is 0 Å². The summed E-state index contributed by atoms with van der Waals surface area (Å²) in [6, 6.07) is 0. The molecule has 0 aromatic heterocycles. The van der Waals surface area contributed by atoms with E-state index in [0.29, 0.717) is 39.5 Å². The van der Waals surface area contributed by atoms with Crippen LogP contribution in [0.5, 0.6) is 0 Å².